The molecule has 0 aromatic rings. The smallest absolute Gasteiger partial charge is 0.0443 e. The van der Waals surface area contributed by atoms with Gasteiger partial charge in [-0.2, -0.15) is 0 Å². The molecule has 0 radical (unpaired) electrons. The summed E-state index contributed by atoms with van der Waals surface area (Å²) in [5.41, 5.74) is 0. The van der Waals surface area contributed by atoms with Crippen molar-refractivity contribution < 1.29 is 5.11 Å². The van der Waals surface area contributed by atoms with Crippen LogP contribution in [0, 0.1) is 0 Å². The monoisotopic (exact) mass is 198 g/mol. The lowest BCUT2D eigenvalue weighted by molar-refractivity contribution is 0.189. The van der Waals surface area contributed by atoms with Crippen LogP contribution in [0.2, 0.25) is 0 Å². The SMILES string of the molecule is OCCCN1CCCC1C1CCCN1. The second-order valence-corrected chi connectivity index (χ2v) is 4.53. The third-order valence-electron chi connectivity index (χ3n) is 3.58. The Kier molecular flexibility index (Phi) is 3.79. The lowest BCUT2D eigenvalue weighted by atomic mass is 10.0. The molecule has 0 aromatic heterocycles. The number of rotatable bonds is 4. The Hall–Kier alpha value is -0.120. The van der Waals surface area contributed by atoms with Crippen LogP contribution in [0.4, 0.5) is 0 Å². The van der Waals surface area contributed by atoms with Crippen molar-refractivity contribution in [3.8, 4) is 0 Å². The van der Waals surface area contributed by atoms with Gasteiger partial charge >= 0.3 is 0 Å². The van der Waals surface area contributed by atoms with Gasteiger partial charge in [-0.25, -0.2) is 0 Å². The molecule has 0 bridgehead atoms. The summed E-state index contributed by atoms with van der Waals surface area (Å²) in [6.45, 7) is 3.86. The van der Waals surface area contributed by atoms with Gasteiger partial charge in [0.15, 0.2) is 0 Å². The second kappa shape index (κ2) is 5.10. The molecule has 2 rings (SSSR count). The zero-order valence-electron chi connectivity index (χ0n) is 8.91. The Morgan fingerprint density at radius 2 is 2.21 bits per heavy atom. The first kappa shape index (κ1) is 10.4. The maximum Gasteiger partial charge on any atom is 0.0443 e. The number of aliphatic hydroxyl groups is 1. The predicted molar refractivity (Wildman–Crippen MR) is 57.3 cm³/mol. The fourth-order valence-electron chi connectivity index (χ4n) is 2.90. The van der Waals surface area contributed by atoms with E-state index in [-0.39, 0.29) is 0 Å². The largest absolute Gasteiger partial charge is 0.396 e. The molecule has 14 heavy (non-hydrogen) atoms. The molecule has 0 aromatic carbocycles. The molecule has 2 atom stereocenters. The van der Waals surface area contributed by atoms with Gasteiger partial charge in [-0.1, -0.05) is 0 Å². The van der Waals surface area contributed by atoms with Gasteiger partial charge < -0.3 is 10.4 Å². The van der Waals surface area contributed by atoms with E-state index in [9.17, 15) is 0 Å². The quantitative estimate of drug-likeness (QED) is 0.694. The summed E-state index contributed by atoms with van der Waals surface area (Å²) < 4.78 is 0. The van der Waals surface area contributed by atoms with E-state index >= 15 is 0 Å². The summed E-state index contributed by atoms with van der Waals surface area (Å²) in [5, 5.41) is 12.4. The molecule has 2 aliphatic heterocycles. The van der Waals surface area contributed by atoms with Crippen molar-refractivity contribution in [1.29, 1.82) is 0 Å². The molecular formula is C11H22N2O. The second-order valence-electron chi connectivity index (χ2n) is 4.53. The van der Waals surface area contributed by atoms with Gasteiger partial charge in [0.05, 0.1) is 0 Å². The van der Waals surface area contributed by atoms with Crippen molar-refractivity contribution in [1.82, 2.24) is 10.2 Å². The Labute approximate surface area is 86.5 Å². The molecule has 2 N–H and O–H groups in total. The van der Waals surface area contributed by atoms with Gasteiger partial charge in [0.25, 0.3) is 0 Å². The predicted octanol–water partition coefficient (Wildman–Crippen LogP) is 0.585. The standard InChI is InChI=1S/C11H22N2O/c14-9-3-8-13-7-2-5-11(13)10-4-1-6-12-10/h10-12,14H,1-9H2. The summed E-state index contributed by atoms with van der Waals surface area (Å²) in [6, 6.07) is 1.49. The zero-order chi connectivity index (χ0) is 9.80. The van der Waals surface area contributed by atoms with E-state index in [0.717, 1.165) is 25.0 Å². The Morgan fingerprint density at radius 1 is 1.29 bits per heavy atom. The van der Waals surface area contributed by atoms with Crippen LogP contribution in [0.15, 0.2) is 0 Å². The number of likely N-dealkylation sites (tertiary alicyclic amines) is 1. The molecule has 2 aliphatic rings. The normalized spacial score (nSPS) is 34.1. The van der Waals surface area contributed by atoms with E-state index in [1.807, 2.05) is 0 Å². The van der Waals surface area contributed by atoms with Gasteiger partial charge in [-0.05, 0) is 45.2 Å². The van der Waals surface area contributed by atoms with Crippen LogP contribution in [-0.2, 0) is 0 Å². The fourth-order valence-corrected chi connectivity index (χ4v) is 2.90. The minimum Gasteiger partial charge on any atom is -0.396 e. The van der Waals surface area contributed by atoms with E-state index in [4.69, 9.17) is 5.11 Å². The van der Waals surface area contributed by atoms with Crippen molar-refractivity contribution in [2.45, 2.75) is 44.2 Å². The van der Waals surface area contributed by atoms with Gasteiger partial charge in [0.2, 0.25) is 0 Å². The maximum atomic E-state index is 8.84. The van der Waals surface area contributed by atoms with Crippen LogP contribution in [0.25, 0.3) is 0 Å². The highest BCUT2D eigenvalue weighted by Gasteiger charge is 2.32. The molecule has 3 heteroatoms. The number of aliphatic hydroxyl groups excluding tert-OH is 1. The highest BCUT2D eigenvalue weighted by molar-refractivity contribution is 4.91. The van der Waals surface area contributed by atoms with E-state index in [0.29, 0.717) is 6.61 Å². The topological polar surface area (TPSA) is 35.5 Å². The molecule has 2 fully saturated rings. The number of hydrogen-bond donors (Lipinski definition) is 2. The van der Waals surface area contributed by atoms with Crippen LogP contribution in [0.3, 0.4) is 0 Å². The average Bonchev–Trinajstić information content (AvgIpc) is 2.84. The maximum absolute atomic E-state index is 8.84. The van der Waals surface area contributed by atoms with Gasteiger partial charge in [-0.15, -0.1) is 0 Å². The summed E-state index contributed by atoms with van der Waals surface area (Å²) in [6.07, 6.45) is 6.32. The molecule has 0 spiro atoms. The third-order valence-corrected chi connectivity index (χ3v) is 3.58. The molecule has 2 unspecified atom stereocenters. The molecule has 3 nitrogen and oxygen atoms in total. The van der Waals surface area contributed by atoms with Crippen molar-refractivity contribution in [2.24, 2.45) is 0 Å². The van der Waals surface area contributed by atoms with E-state index in [1.54, 1.807) is 0 Å². The minimum absolute atomic E-state index is 0.335. The summed E-state index contributed by atoms with van der Waals surface area (Å²) >= 11 is 0. The van der Waals surface area contributed by atoms with Crippen LogP contribution in [-0.4, -0.2) is 48.3 Å². The summed E-state index contributed by atoms with van der Waals surface area (Å²) in [5.74, 6) is 0. The summed E-state index contributed by atoms with van der Waals surface area (Å²) in [7, 11) is 0. The van der Waals surface area contributed by atoms with E-state index in [2.05, 4.69) is 10.2 Å². The van der Waals surface area contributed by atoms with E-state index < -0.39 is 0 Å². The highest BCUT2D eigenvalue weighted by Crippen LogP contribution is 2.24. The van der Waals surface area contributed by atoms with Gasteiger partial charge in [0.1, 0.15) is 0 Å². The van der Waals surface area contributed by atoms with Crippen molar-refractivity contribution in [2.75, 3.05) is 26.2 Å². The van der Waals surface area contributed by atoms with Gasteiger partial charge in [0, 0.05) is 25.2 Å². The molecule has 2 heterocycles. The van der Waals surface area contributed by atoms with Crippen molar-refractivity contribution in [3.05, 3.63) is 0 Å². The Balaban J connectivity index is 1.82. The zero-order valence-corrected chi connectivity index (χ0v) is 8.91. The highest BCUT2D eigenvalue weighted by atomic mass is 16.3. The summed E-state index contributed by atoms with van der Waals surface area (Å²) in [4.78, 5) is 2.57. The first-order valence-electron chi connectivity index (χ1n) is 6.00. The van der Waals surface area contributed by atoms with Gasteiger partial charge in [-0.3, -0.25) is 4.90 Å². The molecule has 0 aliphatic carbocycles. The Bertz CT molecular complexity index is 169. The van der Waals surface area contributed by atoms with E-state index in [1.165, 1.54) is 38.8 Å². The average molecular weight is 198 g/mol. The first-order chi connectivity index (χ1) is 6.92. The van der Waals surface area contributed by atoms with Crippen LogP contribution < -0.4 is 5.32 Å². The van der Waals surface area contributed by atoms with Crippen molar-refractivity contribution in [3.63, 3.8) is 0 Å². The Morgan fingerprint density at radius 3 is 2.93 bits per heavy atom. The molecule has 82 valence electrons. The molecule has 0 saturated carbocycles. The number of nitrogens with one attached hydrogen (secondary N) is 1. The molecular weight excluding hydrogens is 176 g/mol. The lowest BCUT2D eigenvalue weighted by Gasteiger charge is -2.29. The van der Waals surface area contributed by atoms with Crippen LogP contribution in [0.5, 0.6) is 0 Å². The lowest BCUT2D eigenvalue weighted by Crippen LogP contribution is -2.44. The fraction of sp³-hybridized carbons (Fsp3) is 1.00. The molecule has 0 amide bonds. The third kappa shape index (κ3) is 2.27. The van der Waals surface area contributed by atoms with Crippen molar-refractivity contribution >= 4 is 0 Å². The minimum atomic E-state index is 0.335. The number of nitrogens with zero attached hydrogens (tertiary/aromatic N) is 1. The molecule has 2 saturated heterocycles. The first-order valence-corrected chi connectivity index (χ1v) is 6.00. The van der Waals surface area contributed by atoms with Crippen LogP contribution >= 0.6 is 0 Å². The number of hydrogen-bond acceptors (Lipinski definition) is 3. The van der Waals surface area contributed by atoms with Crippen LogP contribution in [0.1, 0.15) is 32.1 Å².